The number of carbonyl (C=O) groups is 1. The van der Waals surface area contributed by atoms with Gasteiger partial charge < -0.3 is 5.32 Å². The normalized spacial score (nSPS) is 10.4. The summed E-state index contributed by atoms with van der Waals surface area (Å²) in [5, 5.41) is 2.92. The minimum absolute atomic E-state index is 0.0454. The predicted octanol–water partition coefficient (Wildman–Crippen LogP) is 4.59. The summed E-state index contributed by atoms with van der Waals surface area (Å²) in [4.78, 5) is 13.1. The first-order chi connectivity index (χ1) is 10.2. The van der Waals surface area contributed by atoms with Crippen LogP contribution in [0.4, 0.5) is 5.69 Å². The molecular weight excluding hydrogens is 298 g/mol. The van der Waals surface area contributed by atoms with Gasteiger partial charge in [-0.3, -0.25) is 4.79 Å². The summed E-state index contributed by atoms with van der Waals surface area (Å²) in [5.74, 6) is 1.38. The van der Waals surface area contributed by atoms with Crippen LogP contribution in [0.1, 0.15) is 11.1 Å². The summed E-state index contributed by atoms with van der Waals surface area (Å²) >= 11 is 3.32. The van der Waals surface area contributed by atoms with E-state index in [9.17, 15) is 4.79 Å². The zero-order valence-electron chi connectivity index (χ0n) is 12.3. The van der Waals surface area contributed by atoms with Crippen molar-refractivity contribution in [1.82, 2.24) is 0 Å². The molecule has 0 aliphatic heterocycles. The number of hydrogen-bond acceptors (Lipinski definition) is 3. The largest absolute Gasteiger partial charge is 0.325 e. The fourth-order valence-electron chi connectivity index (χ4n) is 1.82. The summed E-state index contributed by atoms with van der Waals surface area (Å²) in [6.07, 6.45) is 2.04. The highest BCUT2D eigenvalue weighted by Gasteiger charge is 2.03. The molecule has 0 aliphatic rings. The fraction of sp³-hybridized carbons (Fsp3) is 0.235. The van der Waals surface area contributed by atoms with Gasteiger partial charge in [0.25, 0.3) is 0 Å². The van der Waals surface area contributed by atoms with Gasteiger partial charge in [0.1, 0.15) is 0 Å². The van der Waals surface area contributed by atoms with Crippen LogP contribution in [0.2, 0.25) is 0 Å². The molecule has 0 spiro atoms. The Morgan fingerprint density at radius 2 is 1.71 bits per heavy atom. The molecule has 0 heterocycles. The van der Waals surface area contributed by atoms with Gasteiger partial charge in [-0.2, -0.15) is 0 Å². The number of thioether (sulfide) groups is 2. The van der Waals surface area contributed by atoms with Crippen LogP contribution in [0, 0.1) is 6.92 Å². The van der Waals surface area contributed by atoms with E-state index in [1.54, 1.807) is 23.5 Å². The molecule has 1 amide bonds. The van der Waals surface area contributed by atoms with Gasteiger partial charge in [-0.05, 0) is 43.0 Å². The molecule has 1 N–H and O–H groups in total. The lowest BCUT2D eigenvalue weighted by atomic mass is 10.2. The molecule has 2 rings (SSSR count). The summed E-state index contributed by atoms with van der Waals surface area (Å²) < 4.78 is 0. The highest BCUT2D eigenvalue weighted by Crippen LogP contribution is 2.18. The maximum atomic E-state index is 11.9. The third kappa shape index (κ3) is 5.48. The van der Waals surface area contributed by atoms with Crippen molar-refractivity contribution in [3.63, 3.8) is 0 Å². The van der Waals surface area contributed by atoms with E-state index >= 15 is 0 Å². The number of carbonyl (C=O) groups excluding carboxylic acids is 1. The zero-order chi connectivity index (χ0) is 15.1. The first-order valence-corrected chi connectivity index (χ1v) is 9.12. The lowest BCUT2D eigenvalue weighted by molar-refractivity contribution is -0.113. The van der Waals surface area contributed by atoms with Crippen molar-refractivity contribution in [2.45, 2.75) is 17.6 Å². The Morgan fingerprint density at radius 1 is 1.05 bits per heavy atom. The van der Waals surface area contributed by atoms with Gasteiger partial charge in [0.2, 0.25) is 5.91 Å². The summed E-state index contributed by atoms with van der Waals surface area (Å²) in [5.41, 5.74) is 3.37. The Labute approximate surface area is 134 Å². The zero-order valence-corrected chi connectivity index (χ0v) is 13.9. The van der Waals surface area contributed by atoms with E-state index in [1.165, 1.54) is 16.0 Å². The Bertz CT molecular complexity index is 579. The Morgan fingerprint density at radius 3 is 2.33 bits per heavy atom. The molecule has 0 unspecified atom stereocenters. The van der Waals surface area contributed by atoms with Gasteiger partial charge >= 0.3 is 0 Å². The van der Waals surface area contributed by atoms with Gasteiger partial charge in [-0.1, -0.05) is 29.8 Å². The summed E-state index contributed by atoms with van der Waals surface area (Å²) in [7, 11) is 0. The van der Waals surface area contributed by atoms with Crippen LogP contribution in [0.5, 0.6) is 0 Å². The van der Waals surface area contributed by atoms with E-state index in [2.05, 4.69) is 36.5 Å². The molecule has 110 valence electrons. The summed E-state index contributed by atoms with van der Waals surface area (Å²) in [6.45, 7) is 2.08. The van der Waals surface area contributed by atoms with E-state index in [4.69, 9.17) is 0 Å². The molecule has 2 aromatic rings. The molecule has 0 saturated heterocycles. The smallest absolute Gasteiger partial charge is 0.234 e. The third-order valence-electron chi connectivity index (χ3n) is 3.00. The van der Waals surface area contributed by atoms with Crippen molar-refractivity contribution >= 4 is 35.1 Å². The van der Waals surface area contributed by atoms with Crippen LogP contribution in [0.25, 0.3) is 0 Å². The fourth-order valence-corrected chi connectivity index (χ4v) is 3.01. The highest BCUT2D eigenvalue weighted by molar-refractivity contribution is 7.99. The van der Waals surface area contributed by atoms with E-state index in [0.29, 0.717) is 5.75 Å². The second kappa shape index (κ2) is 8.15. The molecule has 0 saturated carbocycles. The molecule has 0 bridgehead atoms. The van der Waals surface area contributed by atoms with Gasteiger partial charge in [-0.15, -0.1) is 23.5 Å². The molecule has 0 aliphatic carbocycles. The lowest BCUT2D eigenvalue weighted by Gasteiger charge is -2.06. The van der Waals surface area contributed by atoms with Crippen molar-refractivity contribution in [2.24, 2.45) is 0 Å². The number of amides is 1. The van der Waals surface area contributed by atoms with E-state index < -0.39 is 0 Å². The van der Waals surface area contributed by atoms with Crippen LogP contribution in [0.3, 0.4) is 0 Å². The topological polar surface area (TPSA) is 29.1 Å². The van der Waals surface area contributed by atoms with Crippen LogP contribution in [-0.2, 0) is 10.5 Å². The standard InChI is InChI=1S/C17H19NOS2/c1-13-3-5-14(6-4-13)11-21-12-17(19)18-15-7-9-16(20-2)10-8-15/h3-10H,11-12H2,1-2H3,(H,18,19). The minimum atomic E-state index is 0.0454. The number of aryl methyl sites for hydroxylation is 1. The van der Waals surface area contributed by atoms with Gasteiger partial charge in [0.05, 0.1) is 5.75 Å². The van der Waals surface area contributed by atoms with Crippen molar-refractivity contribution in [2.75, 3.05) is 17.3 Å². The van der Waals surface area contributed by atoms with E-state index in [-0.39, 0.29) is 5.91 Å². The number of anilines is 1. The number of nitrogens with one attached hydrogen (secondary N) is 1. The molecule has 2 nitrogen and oxygen atoms in total. The number of rotatable bonds is 6. The van der Waals surface area contributed by atoms with Gasteiger partial charge in [-0.25, -0.2) is 0 Å². The lowest BCUT2D eigenvalue weighted by Crippen LogP contribution is -2.14. The van der Waals surface area contributed by atoms with Crippen molar-refractivity contribution < 1.29 is 4.79 Å². The average molecular weight is 317 g/mol. The van der Waals surface area contributed by atoms with E-state index in [0.717, 1.165) is 11.4 Å². The molecule has 2 aromatic carbocycles. The minimum Gasteiger partial charge on any atom is -0.325 e. The Kier molecular flexibility index (Phi) is 6.21. The van der Waals surface area contributed by atoms with E-state index in [1.807, 2.05) is 30.5 Å². The molecule has 0 radical (unpaired) electrons. The Hall–Kier alpha value is -1.39. The monoisotopic (exact) mass is 317 g/mol. The maximum Gasteiger partial charge on any atom is 0.234 e. The quantitative estimate of drug-likeness (QED) is 0.790. The second-order valence-electron chi connectivity index (χ2n) is 4.76. The van der Waals surface area contributed by atoms with Crippen LogP contribution < -0.4 is 5.32 Å². The Balaban J connectivity index is 1.75. The SMILES string of the molecule is CSc1ccc(NC(=O)CSCc2ccc(C)cc2)cc1. The molecular formula is C17H19NOS2. The van der Waals surface area contributed by atoms with Crippen LogP contribution in [-0.4, -0.2) is 17.9 Å². The number of benzene rings is 2. The third-order valence-corrected chi connectivity index (χ3v) is 4.74. The molecule has 4 heteroatoms. The molecule has 0 aromatic heterocycles. The van der Waals surface area contributed by atoms with Crippen molar-refractivity contribution in [1.29, 1.82) is 0 Å². The van der Waals surface area contributed by atoms with Crippen LogP contribution >= 0.6 is 23.5 Å². The first-order valence-electron chi connectivity index (χ1n) is 6.74. The second-order valence-corrected chi connectivity index (χ2v) is 6.62. The van der Waals surface area contributed by atoms with Crippen molar-refractivity contribution in [3.8, 4) is 0 Å². The summed E-state index contributed by atoms with van der Waals surface area (Å²) in [6, 6.07) is 16.3. The predicted molar refractivity (Wildman–Crippen MR) is 94.2 cm³/mol. The van der Waals surface area contributed by atoms with Crippen LogP contribution in [0.15, 0.2) is 53.4 Å². The molecule has 0 fully saturated rings. The average Bonchev–Trinajstić information content (AvgIpc) is 2.50. The first kappa shape index (κ1) is 16.0. The van der Waals surface area contributed by atoms with Gasteiger partial charge in [0.15, 0.2) is 0 Å². The highest BCUT2D eigenvalue weighted by atomic mass is 32.2. The molecule has 0 atom stereocenters. The van der Waals surface area contributed by atoms with Gasteiger partial charge in [0, 0.05) is 16.3 Å². The van der Waals surface area contributed by atoms with Crippen molar-refractivity contribution in [3.05, 3.63) is 59.7 Å². The number of hydrogen-bond donors (Lipinski definition) is 1. The maximum absolute atomic E-state index is 11.9. The molecule has 21 heavy (non-hydrogen) atoms.